The lowest BCUT2D eigenvalue weighted by atomic mass is 9.69. The summed E-state index contributed by atoms with van der Waals surface area (Å²) in [5.74, 6) is 3.94. The molecule has 212 valence electrons. The van der Waals surface area contributed by atoms with E-state index in [1.54, 1.807) is 0 Å². The van der Waals surface area contributed by atoms with Crippen molar-refractivity contribution < 1.29 is 0 Å². The highest BCUT2D eigenvalue weighted by Gasteiger charge is 2.34. The minimum atomic E-state index is 0.0641. The average Bonchev–Trinajstić information content (AvgIpc) is 3.22. The Balaban J connectivity index is 1.34. The number of thiocarbonyl (C=S) groups is 1. The van der Waals surface area contributed by atoms with Gasteiger partial charge >= 0.3 is 0 Å². The SMILES string of the molecule is C[C@@H]1C[C@H](C)CN(c2cc(N3CCCCCC3)nc(NC(=S)NCC3(c4ccc(Cl)cc4)CCCCC3)n2)C1. The lowest BCUT2D eigenvalue weighted by Gasteiger charge is -2.38. The molecule has 5 rings (SSSR count). The molecule has 2 atom stereocenters. The third-order valence-electron chi connectivity index (χ3n) is 8.90. The van der Waals surface area contributed by atoms with Crippen molar-refractivity contribution in [2.75, 3.05) is 47.8 Å². The predicted molar refractivity (Wildman–Crippen MR) is 168 cm³/mol. The Morgan fingerprint density at radius 1 is 0.897 bits per heavy atom. The molecule has 6 nitrogen and oxygen atoms in total. The van der Waals surface area contributed by atoms with Crippen LogP contribution in [-0.4, -0.2) is 47.8 Å². The maximum absolute atomic E-state index is 6.21. The van der Waals surface area contributed by atoms with Crippen LogP contribution in [0.5, 0.6) is 0 Å². The number of nitrogens with one attached hydrogen (secondary N) is 2. The van der Waals surface area contributed by atoms with E-state index in [0.717, 1.165) is 62.2 Å². The first-order chi connectivity index (χ1) is 18.9. The summed E-state index contributed by atoms with van der Waals surface area (Å²) in [5, 5.41) is 8.31. The van der Waals surface area contributed by atoms with E-state index in [0.29, 0.717) is 22.9 Å². The number of anilines is 3. The van der Waals surface area contributed by atoms with Crippen molar-refractivity contribution in [3.05, 3.63) is 40.9 Å². The summed E-state index contributed by atoms with van der Waals surface area (Å²) in [6, 6.07) is 10.6. The second-order valence-corrected chi connectivity index (χ2v) is 13.2. The molecule has 0 amide bonds. The number of rotatable bonds is 6. The van der Waals surface area contributed by atoms with E-state index in [4.69, 9.17) is 33.8 Å². The van der Waals surface area contributed by atoms with Crippen molar-refractivity contribution in [2.45, 2.75) is 83.5 Å². The highest BCUT2D eigenvalue weighted by molar-refractivity contribution is 7.80. The lowest BCUT2D eigenvalue weighted by molar-refractivity contribution is 0.292. The third-order valence-corrected chi connectivity index (χ3v) is 9.40. The average molecular weight is 569 g/mol. The smallest absolute Gasteiger partial charge is 0.232 e. The van der Waals surface area contributed by atoms with E-state index in [-0.39, 0.29) is 5.41 Å². The molecule has 2 aromatic rings. The van der Waals surface area contributed by atoms with E-state index in [9.17, 15) is 0 Å². The van der Waals surface area contributed by atoms with Gasteiger partial charge in [0, 0.05) is 49.2 Å². The van der Waals surface area contributed by atoms with Gasteiger partial charge in [0.1, 0.15) is 11.6 Å². The molecule has 0 unspecified atom stereocenters. The molecule has 0 bridgehead atoms. The molecule has 0 spiro atoms. The minimum Gasteiger partial charge on any atom is -0.361 e. The van der Waals surface area contributed by atoms with Gasteiger partial charge in [-0.2, -0.15) is 9.97 Å². The van der Waals surface area contributed by atoms with Crippen LogP contribution < -0.4 is 20.4 Å². The van der Waals surface area contributed by atoms with Crippen LogP contribution in [0.15, 0.2) is 30.3 Å². The van der Waals surface area contributed by atoms with Crippen LogP contribution in [0.25, 0.3) is 0 Å². The van der Waals surface area contributed by atoms with Gasteiger partial charge < -0.3 is 20.4 Å². The Morgan fingerprint density at radius 2 is 1.49 bits per heavy atom. The molecule has 8 heteroatoms. The molecule has 0 radical (unpaired) electrons. The van der Waals surface area contributed by atoms with Gasteiger partial charge in [0.15, 0.2) is 5.11 Å². The number of aromatic nitrogens is 2. The summed E-state index contributed by atoms with van der Waals surface area (Å²) in [6.07, 6.45) is 12.4. The maximum Gasteiger partial charge on any atom is 0.232 e. The second-order valence-electron chi connectivity index (χ2n) is 12.3. The fourth-order valence-electron chi connectivity index (χ4n) is 6.95. The summed E-state index contributed by atoms with van der Waals surface area (Å²) < 4.78 is 0. The molecule has 1 aromatic carbocycles. The van der Waals surface area contributed by atoms with Crippen molar-refractivity contribution in [3.8, 4) is 0 Å². The Morgan fingerprint density at radius 3 is 2.13 bits per heavy atom. The van der Waals surface area contributed by atoms with Gasteiger partial charge in [0.25, 0.3) is 0 Å². The van der Waals surface area contributed by atoms with E-state index >= 15 is 0 Å². The largest absolute Gasteiger partial charge is 0.361 e. The molecular formula is C31H45ClN6S. The molecule has 1 aromatic heterocycles. The fourth-order valence-corrected chi connectivity index (χ4v) is 7.24. The monoisotopic (exact) mass is 568 g/mol. The molecule has 3 heterocycles. The minimum absolute atomic E-state index is 0.0641. The third kappa shape index (κ3) is 7.35. The van der Waals surface area contributed by atoms with Gasteiger partial charge in [-0.1, -0.05) is 69.7 Å². The van der Waals surface area contributed by atoms with Crippen LogP contribution in [-0.2, 0) is 5.41 Å². The first-order valence-corrected chi connectivity index (χ1v) is 15.9. The Kier molecular flexibility index (Phi) is 9.49. The predicted octanol–water partition coefficient (Wildman–Crippen LogP) is 7.18. The van der Waals surface area contributed by atoms with Gasteiger partial charge in [-0.05, 0) is 73.9 Å². The normalized spacial score (nSPS) is 23.7. The van der Waals surface area contributed by atoms with Crippen LogP contribution >= 0.6 is 23.8 Å². The van der Waals surface area contributed by atoms with Crippen molar-refractivity contribution in [1.29, 1.82) is 0 Å². The second kappa shape index (κ2) is 13.0. The molecule has 3 aliphatic rings. The highest BCUT2D eigenvalue weighted by atomic mass is 35.5. The van der Waals surface area contributed by atoms with Gasteiger partial charge in [0.2, 0.25) is 5.95 Å². The summed E-state index contributed by atoms with van der Waals surface area (Å²) in [4.78, 5) is 14.9. The van der Waals surface area contributed by atoms with Crippen molar-refractivity contribution in [3.63, 3.8) is 0 Å². The number of hydrogen-bond acceptors (Lipinski definition) is 5. The summed E-state index contributed by atoms with van der Waals surface area (Å²) in [7, 11) is 0. The number of benzene rings is 1. The van der Waals surface area contributed by atoms with Crippen LogP contribution in [0.3, 0.4) is 0 Å². The number of hydrogen-bond donors (Lipinski definition) is 2. The summed E-state index contributed by atoms with van der Waals surface area (Å²) >= 11 is 12.0. The van der Waals surface area contributed by atoms with Crippen LogP contribution in [0.2, 0.25) is 5.02 Å². The Hall–Kier alpha value is -2.12. The summed E-state index contributed by atoms with van der Waals surface area (Å²) in [6.45, 7) is 9.66. The van der Waals surface area contributed by atoms with Crippen LogP contribution in [0.4, 0.5) is 17.6 Å². The summed E-state index contributed by atoms with van der Waals surface area (Å²) in [5.41, 5.74) is 1.41. The number of nitrogens with zero attached hydrogens (tertiary/aromatic N) is 4. The van der Waals surface area contributed by atoms with Gasteiger partial charge in [0.05, 0.1) is 0 Å². The Bertz CT molecular complexity index is 1080. The van der Waals surface area contributed by atoms with Crippen molar-refractivity contribution >= 4 is 46.5 Å². The van der Waals surface area contributed by atoms with E-state index in [2.05, 4.69) is 52.5 Å². The molecule has 39 heavy (non-hydrogen) atoms. The lowest BCUT2D eigenvalue weighted by Crippen LogP contribution is -2.44. The molecule has 1 aliphatic carbocycles. The van der Waals surface area contributed by atoms with Crippen molar-refractivity contribution in [2.24, 2.45) is 11.8 Å². The molecular weight excluding hydrogens is 524 g/mol. The van der Waals surface area contributed by atoms with Crippen molar-refractivity contribution in [1.82, 2.24) is 15.3 Å². The van der Waals surface area contributed by atoms with Gasteiger partial charge in [-0.3, -0.25) is 0 Å². The Labute approximate surface area is 245 Å². The first kappa shape index (κ1) is 28.4. The zero-order valence-corrected chi connectivity index (χ0v) is 25.3. The number of piperidine rings is 1. The molecule has 2 N–H and O–H groups in total. The maximum atomic E-state index is 6.21. The quantitative estimate of drug-likeness (QED) is 0.358. The fraction of sp³-hybridized carbons (Fsp3) is 0.645. The topological polar surface area (TPSA) is 56.3 Å². The molecule has 2 saturated heterocycles. The zero-order chi connectivity index (χ0) is 27.2. The van der Waals surface area contributed by atoms with E-state index in [1.807, 2.05) is 12.1 Å². The first-order valence-electron chi connectivity index (χ1n) is 15.1. The highest BCUT2D eigenvalue weighted by Crippen LogP contribution is 2.39. The zero-order valence-electron chi connectivity index (χ0n) is 23.7. The van der Waals surface area contributed by atoms with Gasteiger partial charge in [-0.15, -0.1) is 0 Å². The van der Waals surface area contributed by atoms with Gasteiger partial charge in [-0.25, -0.2) is 0 Å². The van der Waals surface area contributed by atoms with E-state index in [1.165, 1.54) is 56.9 Å². The standard InChI is InChI=1S/C31H45ClN6S/c1-23-18-24(2)21-38(20-23)28-19-27(37-16-8-3-4-9-17-37)34-29(35-28)36-30(39)33-22-31(14-6-5-7-15-31)25-10-12-26(32)13-11-25/h10-13,19,23-24H,3-9,14-18,20-22H2,1-2H3,(H2,33,34,35,36,39)/t23-,24+. The number of halogens is 1. The molecule has 1 saturated carbocycles. The van der Waals surface area contributed by atoms with Crippen LogP contribution in [0, 0.1) is 11.8 Å². The van der Waals surface area contributed by atoms with E-state index < -0.39 is 0 Å². The molecule has 3 fully saturated rings. The molecule has 2 aliphatic heterocycles. The van der Waals surface area contributed by atoms with Crippen LogP contribution in [0.1, 0.15) is 83.6 Å².